The third kappa shape index (κ3) is 3.87. The normalized spacial score (nSPS) is 23.0. The van der Waals surface area contributed by atoms with Gasteiger partial charge in [0.05, 0.1) is 4.92 Å². The number of rotatable bonds is 5. The van der Waals surface area contributed by atoms with Gasteiger partial charge in [0.15, 0.2) is 0 Å². The Bertz CT molecular complexity index is 413. The van der Waals surface area contributed by atoms with E-state index < -0.39 is 4.92 Å². The molecule has 6 heteroatoms. The monoisotopic (exact) mass is 264 g/mol. The van der Waals surface area contributed by atoms with Crippen LogP contribution in [0.5, 0.6) is 0 Å². The van der Waals surface area contributed by atoms with E-state index >= 15 is 0 Å². The summed E-state index contributed by atoms with van der Waals surface area (Å²) in [5.74, 6) is 2.04. The van der Waals surface area contributed by atoms with E-state index in [2.05, 4.69) is 22.2 Å². The van der Waals surface area contributed by atoms with Gasteiger partial charge in [0.25, 0.3) is 0 Å². The lowest BCUT2D eigenvalue weighted by atomic mass is 9.81. The molecule has 2 rings (SSSR count). The molecule has 1 heterocycles. The van der Waals surface area contributed by atoms with E-state index in [9.17, 15) is 10.1 Å². The van der Waals surface area contributed by atoms with E-state index in [4.69, 9.17) is 0 Å². The fourth-order valence-corrected chi connectivity index (χ4v) is 2.59. The van der Waals surface area contributed by atoms with Crippen LogP contribution in [0, 0.1) is 22.0 Å². The van der Waals surface area contributed by atoms with Crippen LogP contribution in [-0.2, 0) is 0 Å². The zero-order valence-corrected chi connectivity index (χ0v) is 11.2. The Labute approximate surface area is 112 Å². The van der Waals surface area contributed by atoms with Gasteiger partial charge in [-0.1, -0.05) is 26.2 Å². The van der Waals surface area contributed by atoms with Crippen molar-refractivity contribution in [2.45, 2.75) is 39.0 Å². The van der Waals surface area contributed by atoms with Crippen LogP contribution in [0.25, 0.3) is 0 Å². The largest absolute Gasteiger partial charge is 0.354 e. The van der Waals surface area contributed by atoms with Crippen LogP contribution >= 0.6 is 0 Å². The van der Waals surface area contributed by atoms with Crippen molar-refractivity contribution in [3.05, 3.63) is 22.5 Å². The highest BCUT2D eigenvalue weighted by molar-refractivity contribution is 5.30. The molecule has 1 saturated carbocycles. The smallest absolute Gasteiger partial charge is 0.305 e. The second-order valence-corrected chi connectivity index (χ2v) is 5.20. The zero-order chi connectivity index (χ0) is 13.7. The fraction of sp³-hybridized carbons (Fsp3) is 0.692. The third-order valence-corrected chi connectivity index (χ3v) is 3.94. The quantitative estimate of drug-likeness (QED) is 0.653. The topological polar surface area (TPSA) is 81.0 Å². The van der Waals surface area contributed by atoms with Gasteiger partial charge in [0.1, 0.15) is 12.4 Å². The Morgan fingerprint density at radius 2 is 1.84 bits per heavy atom. The van der Waals surface area contributed by atoms with Crippen molar-refractivity contribution in [1.29, 1.82) is 0 Å². The summed E-state index contributed by atoms with van der Waals surface area (Å²) in [5.41, 5.74) is -0.0750. The molecular weight excluding hydrogens is 244 g/mol. The van der Waals surface area contributed by atoms with Crippen molar-refractivity contribution >= 4 is 11.6 Å². The fourth-order valence-electron chi connectivity index (χ4n) is 2.59. The summed E-state index contributed by atoms with van der Waals surface area (Å²) in [6.07, 6.45) is 8.88. The van der Waals surface area contributed by atoms with Crippen LogP contribution in [0.3, 0.4) is 0 Å². The molecule has 0 radical (unpaired) electrons. The van der Waals surface area contributed by atoms with Crippen LogP contribution in [0.1, 0.15) is 39.0 Å². The Kier molecular flexibility index (Phi) is 4.65. The minimum absolute atomic E-state index is 0.0750. The average Bonchev–Trinajstić information content (AvgIpc) is 2.46. The van der Waals surface area contributed by atoms with E-state index in [1.165, 1.54) is 44.5 Å². The number of hydrogen-bond donors (Lipinski definition) is 1. The van der Waals surface area contributed by atoms with E-state index in [0.717, 1.165) is 12.5 Å². The number of nitrogens with one attached hydrogen (secondary N) is 1. The summed E-state index contributed by atoms with van der Waals surface area (Å²) >= 11 is 0. The van der Waals surface area contributed by atoms with Crippen LogP contribution in [0.2, 0.25) is 0 Å². The summed E-state index contributed by atoms with van der Waals surface area (Å²) < 4.78 is 0. The Hall–Kier alpha value is -1.72. The summed E-state index contributed by atoms with van der Waals surface area (Å²) in [7, 11) is 0. The van der Waals surface area contributed by atoms with Gasteiger partial charge in [-0.25, -0.2) is 9.97 Å². The lowest BCUT2D eigenvalue weighted by Gasteiger charge is -2.27. The molecular formula is C13H20N4O2. The van der Waals surface area contributed by atoms with Crippen LogP contribution < -0.4 is 5.32 Å². The van der Waals surface area contributed by atoms with Crippen LogP contribution in [0.4, 0.5) is 11.6 Å². The summed E-state index contributed by atoms with van der Waals surface area (Å²) in [4.78, 5) is 17.9. The van der Waals surface area contributed by atoms with Gasteiger partial charge < -0.3 is 5.32 Å². The SMILES string of the molecule is CCC1CCC(CNc2ncc([N+](=O)[O-])cn2)CC1. The lowest BCUT2D eigenvalue weighted by molar-refractivity contribution is -0.385. The first-order chi connectivity index (χ1) is 9.19. The molecule has 1 N–H and O–H groups in total. The maximum Gasteiger partial charge on any atom is 0.305 e. The molecule has 0 bridgehead atoms. The molecule has 0 atom stereocenters. The molecule has 0 saturated heterocycles. The van der Waals surface area contributed by atoms with Gasteiger partial charge in [-0.3, -0.25) is 10.1 Å². The molecule has 0 amide bonds. The Morgan fingerprint density at radius 1 is 1.26 bits per heavy atom. The minimum Gasteiger partial charge on any atom is -0.354 e. The van der Waals surface area contributed by atoms with E-state index in [1.54, 1.807) is 0 Å². The molecule has 1 aliphatic carbocycles. The maximum absolute atomic E-state index is 10.5. The summed E-state index contributed by atoms with van der Waals surface area (Å²) in [6.45, 7) is 3.11. The number of nitro groups is 1. The highest BCUT2D eigenvalue weighted by Gasteiger charge is 2.19. The van der Waals surface area contributed by atoms with Gasteiger partial charge in [-0.05, 0) is 24.7 Å². The van der Waals surface area contributed by atoms with Crippen molar-refractivity contribution in [1.82, 2.24) is 9.97 Å². The number of anilines is 1. The van der Waals surface area contributed by atoms with E-state index in [-0.39, 0.29) is 5.69 Å². The summed E-state index contributed by atoms with van der Waals surface area (Å²) in [5, 5.41) is 13.7. The lowest BCUT2D eigenvalue weighted by Crippen LogP contribution is -2.21. The highest BCUT2D eigenvalue weighted by Crippen LogP contribution is 2.30. The molecule has 0 aliphatic heterocycles. The summed E-state index contributed by atoms with van der Waals surface area (Å²) in [6, 6.07) is 0. The Morgan fingerprint density at radius 3 is 2.37 bits per heavy atom. The number of nitrogens with zero attached hydrogens (tertiary/aromatic N) is 3. The highest BCUT2D eigenvalue weighted by atomic mass is 16.6. The van der Waals surface area contributed by atoms with Crippen LogP contribution in [0.15, 0.2) is 12.4 Å². The second kappa shape index (κ2) is 6.45. The first-order valence-corrected chi connectivity index (χ1v) is 6.89. The van der Waals surface area contributed by atoms with Crippen LogP contribution in [-0.4, -0.2) is 21.4 Å². The van der Waals surface area contributed by atoms with Gasteiger partial charge in [0, 0.05) is 6.54 Å². The molecule has 1 aromatic heterocycles. The molecule has 1 fully saturated rings. The third-order valence-electron chi connectivity index (χ3n) is 3.94. The average molecular weight is 264 g/mol. The maximum atomic E-state index is 10.5. The van der Waals surface area contributed by atoms with Crippen molar-refractivity contribution < 1.29 is 4.92 Å². The van der Waals surface area contributed by atoms with Crippen molar-refractivity contribution in [2.75, 3.05) is 11.9 Å². The van der Waals surface area contributed by atoms with Gasteiger partial charge in [-0.15, -0.1) is 0 Å². The Balaban J connectivity index is 1.78. The molecule has 0 unspecified atom stereocenters. The van der Waals surface area contributed by atoms with E-state index in [0.29, 0.717) is 11.9 Å². The van der Waals surface area contributed by atoms with Crippen molar-refractivity contribution in [3.8, 4) is 0 Å². The first kappa shape index (κ1) is 13.7. The molecule has 19 heavy (non-hydrogen) atoms. The molecule has 1 aliphatic rings. The molecule has 6 nitrogen and oxygen atoms in total. The predicted octanol–water partition coefficient (Wildman–Crippen LogP) is 3.01. The zero-order valence-electron chi connectivity index (χ0n) is 11.2. The molecule has 104 valence electrons. The van der Waals surface area contributed by atoms with Crippen molar-refractivity contribution in [2.24, 2.45) is 11.8 Å². The first-order valence-electron chi connectivity index (χ1n) is 6.89. The van der Waals surface area contributed by atoms with Gasteiger partial charge in [-0.2, -0.15) is 0 Å². The standard InChI is InChI=1S/C13H20N4O2/c1-2-10-3-5-11(6-4-10)7-14-13-15-8-12(9-16-13)17(18)19/h8-11H,2-7H2,1H3,(H,14,15,16). The predicted molar refractivity (Wildman–Crippen MR) is 72.9 cm³/mol. The second-order valence-electron chi connectivity index (χ2n) is 5.20. The molecule has 0 spiro atoms. The van der Waals surface area contributed by atoms with Gasteiger partial charge in [0.2, 0.25) is 5.95 Å². The van der Waals surface area contributed by atoms with E-state index in [1.807, 2.05) is 0 Å². The molecule has 1 aromatic rings. The van der Waals surface area contributed by atoms with Gasteiger partial charge >= 0.3 is 5.69 Å². The number of hydrogen-bond acceptors (Lipinski definition) is 5. The molecule has 0 aromatic carbocycles. The minimum atomic E-state index is -0.490. The van der Waals surface area contributed by atoms with Crippen molar-refractivity contribution in [3.63, 3.8) is 0 Å². The number of aromatic nitrogens is 2.